The van der Waals surface area contributed by atoms with Crippen LogP contribution in [0.2, 0.25) is 0 Å². The molecule has 5 heteroatoms. The number of amides is 1. The van der Waals surface area contributed by atoms with Crippen molar-refractivity contribution in [3.63, 3.8) is 0 Å². The Morgan fingerprint density at radius 1 is 0.893 bits per heavy atom. The smallest absolute Gasteiger partial charge is 0.339 e. The van der Waals surface area contributed by atoms with Crippen LogP contribution in [0.1, 0.15) is 48.8 Å². The third kappa shape index (κ3) is 5.67. The Labute approximate surface area is 166 Å². The minimum atomic E-state index is -0.921. The van der Waals surface area contributed by atoms with Gasteiger partial charge in [0.2, 0.25) is 0 Å². The lowest BCUT2D eigenvalue weighted by atomic mass is 9.78. The number of rotatable bonds is 8. The van der Waals surface area contributed by atoms with Gasteiger partial charge in [-0.3, -0.25) is 4.79 Å². The van der Waals surface area contributed by atoms with E-state index >= 15 is 0 Å². The molecule has 1 aliphatic rings. The highest BCUT2D eigenvalue weighted by molar-refractivity contribution is 5.84. The van der Waals surface area contributed by atoms with Gasteiger partial charge in [0.1, 0.15) is 5.54 Å². The molecule has 5 nitrogen and oxygen atoms in total. The van der Waals surface area contributed by atoms with Crippen LogP contribution in [0.3, 0.4) is 0 Å². The van der Waals surface area contributed by atoms with Gasteiger partial charge in [-0.2, -0.15) is 5.48 Å². The monoisotopic (exact) mass is 380 g/mol. The molecule has 0 spiro atoms. The van der Waals surface area contributed by atoms with Crippen molar-refractivity contribution in [1.29, 1.82) is 0 Å². The van der Waals surface area contributed by atoms with Gasteiger partial charge in [-0.15, -0.1) is 0 Å². The Balaban J connectivity index is 1.35. The highest BCUT2D eigenvalue weighted by atomic mass is 16.7. The van der Waals surface area contributed by atoms with Gasteiger partial charge >= 0.3 is 5.97 Å². The third-order valence-electron chi connectivity index (χ3n) is 5.32. The standard InChI is InChI=1S/C23H28N2O3/c24-23(15-6-16-23)22(27)28-25-21(26)17-20-13-11-19(12-14-20)10-5-4-9-18-7-2-1-3-8-18/h1-3,7-8,11-14H,4-6,9-10,15-17,24H2,(H,25,26). The summed E-state index contributed by atoms with van der Waals surface area (Å²) in [6, 6.07) is 18.5. The van der Waals surface area contributed by atoms with Gasteiger partial charge < -0.3 is 10.6 Å². The minimum absolute atomic E-state index is 0.166. The fourth-order valence-corrected chi connectivity index (χ4v) is 3.31. The maximum Gasteiger partial charge on any atom is 0.351 e. The van der Waals surface area contributed by atoms with E-state index in [1.54, 1.807) is 0 Å². The van der Waals surface area contributed by atoms with E-state index < -0.39 is 11.5 Å². The summed E-state index contributed by atoms with van der Waals surface area (Å²) in [5.74, 6) is -0.912. The molecule has 0 unspecified atom stereocenters. The maximum atomic E-state index is 12.0. The first-order chi connectivity index (χ1) is 13.5. The Hall–Kier alpha value is -2.66. The van der Waals surface area contributed by atoms with Crippen molar-refractivity contribution < 1.29 is 14.4 Å². The molecule has 0 saturated heterocycles. The number of carbonyl (C=O) groups excluding carboxylic acids is 2. The topological polar surface area (TPSA) is 81.4 Å². The molecule has 2 aromatic rings. The zero-order valence-corrected chi connectivity index (χ0v) is 16.2. The van der Waals surface area contributed by atoms with Crippen LogP contribution in [0, 0.1) is 0 Å². The second-order valence-corrected chi connectivity index (χ2v) is 7.61. The van der Waals surface area contributed by atoms with Crippen molar-refractivity contribution >= 4 is 11.9 Å². The molecule has 0 heterocycles. The van der Waals surface area contributed by atoms with Crippen molar-refractivity contribution in [2.24, 2.45) is 5.73 Å². The van der Waals surface area contributed by atoms with Crippen LogP contribution < -0.4 is 11.2 Å². The first-order valence-corrected chi connectivity index (χ1v) is 9.96. The molecular formula is C23H28N2O3. The number of nitrogens with one attached hydrogen (secondary N) is 1. The zero-order valence-electron chi connectivity index (χ0n) is 16.2. The van der Waals surface area contributed by atoms with Gasteiger partial charge in [0.25, 0.3) is 5.91 Å². The van der Waals surface area contributed by atoms with Crippen LogP contribution in [-0.2, 0) is 33.7 Å². The predicted octanol–water partition coefficient (Wildman–Crippen LogP) is 3.25. The van der Waals surface area contributed by atoms with Crippen molar-refractivity contribution in [3.8, 4) is 0 Å². The van der Waals surface area contributed by atoms with Gasteiger partial charge in [0.05, 0.1) is 6.42 Å². The molecule has 0 atom stereocenters. The molecule has 0 aromatic heterocycles. The van der Waals surface area contributed by atoms with Crippen molar-refractivity contribution in [1.82, 2.24) is 5.48 Å². The van der Waals surface area contributed by atoms with Gasteiger partial charge in [0.15, 0.2) is 0 Å². The molecular weight excluding hydrogens is 352 g/mol. The SMILES string of the molecule is NC1(C(=O)ONC(=O)Cc2ccc(CCCCc3ccccc3)cc2)CCC1. The van der Waals surface area contributed by atoms with Gasteiger partial charge in [-0.25, -0.2) is 4.79 Å². The van der Waals surface area contributed by atoms with E-state index in [9.17, 15) is 9.59 Å². The summed E-state index contributed by atoms with van der Waals surface area (Å²) in [4.78, 5) is 28.6. The summed E-state index contributed by atoms with van der Waals surface area (Å²) in [5, 5.41) is 0. The molecule has 28 heavy (non-hydrogen) atoms. The van der Waals surface area contributed by atoms with Crippen LogP contribution in [0.25, 0.3) is 0 Å². The molecule has 0 aliphatic heterocycles. The fraction of sp³-hybridized carbons (Fsp3) is 0.391. The first-order valence-electron chi connectivity index (χ1n) is 9.96. The van der Waals surface area contributed by atoms with E-state index in [0.29, 0.717) is 12.8 Å². The number of aryl methyl sites for hydroxylation is 2. The lowest BCUT2D eigenvalue weighted by Gasteiger charge is -2.34. The number of hydrogen-bond acceptors (Lipinski definition) is 4. The van der Waals surface area contributed by atoms with Gasteiger partial charge in [-0.1, -0.05) is 54.6 Å². The Morgan fingerprint density at radius 3 is 2.04 bits per heavy atom. The van der Waals surface area contributed by atoms with Gasteiger partial charge in [0, 0.05) is 0 Å². The molecule has 1 fully saturated rings. The molecule has 148 valence electrons. The molecule has 0 radical (unpaired) electrons. The Kier molecular flexibility index (Phi) is 6.82. The fourth-order valence-electron chi connectivity index (χ4n) is 3.31. The van der Waals surface area contributed by atoms with E-state index in [2.05, 4.69) is 41.9 Å². The quantitative estimate of drug-likeness (QED) is 0.544. The summed E-state index contributed by atoms with van der Waals surface area (Å²) in [6.07, 6.45) is 6.70. The molecule has 3 rings (SSSR count). The van der Waals surface area contributed by atoms with Crippen LogP contribution >= 0.6 is 0 Å². The molecule has 1 aliphatic carbocycles. The predicted molar refractivity (Wildman–Crippen MR) is 108 cm³/mol. The average molecular weight is 380 g/mol. The molecule has 1 amide bonds. The van der Waals surface area contributed by atoms with E-state index in [-0.39, 0.29) is 12.3 Å². The Morgan fingerprint density at radius 2 is 1.46 bits per heavy atom. The van der Waals surface area contributed by atoms with Crippen molar-refractivity contribution in [2.75, 3.05) is 0 Å². The van der Waals surface area contributed by atoms with Crippen LogP contribution in [-0.4, -0.2) is 17.4 Å². The van der Waals surface area contributed by atoms with Crippen molar-refractivity contribution in [3.05, 3.63) is 71.3 Å². The highest BCUT2D eigenvalue weighted by Gasteiger charge is 2.42. The summed E-state index contributed by atoms with van der Waals surface area (Å²) in [7, 11) is 0. The molecule has 2 aromatic carbocycles. The number of hydroxylamine groups is 1. The van der Waals surface area contributed by atoms with Crippen LogP contribution in [0.5, 0.6) is 0 Å². The summed E-state index contributed by atoms with van der Waals surface area (Å²) >= 11 is 0. The zero-order chi connectivity index (χ0) is 19.8. The molecule has 3 N–H and O–H groups in total. The largest absolute Gasteiger partial charge is 0.351 e. The van der Waals surface area contributed by atoms with E-state index in [1.807, 2.05) is 18.2 Å². The molecule has 1 saturated carbocycles. The number of unbranched alkanes of at least 4 members (excludes halogenated alkanes) is 1. The lowest BCUT2D eigenvalue weighted by Crippen LogP contribution is -2.56. The maximum absolute atomic E-state index is 12.0. The number of hydrogen-bond donors (Lipinski definition) is 2. The number of carbonyl (C=O) groups is 2. The first kappa shape index (κ1) is 20.1. The second kappa shape index (κ2) is 9.51. The lowest BCUT2D eigenvalue weighted by molar-refractivity contribution is -0.166. The second-order valence-electron chi connectivity index (χ2n) is 7.61. The normalized spacial score (nSPS) is 14.8. The van der Waals surface area contributed by atoms with Crippen LogP contribution in [0.4, 0.5) is 0 Å². The average Bonchev–Trinajstić information content (AvgIpc) is 2.69. The number of benzene rings is 2. The molecule has 0 bridgehead atoms. The van der Waals surface area contributed by atoms with Gasteiger partial charge in [-0.05, 0) is 61.6 Å². The van der Waals surface area contributed by atoms with E-state index in [4.69, 9.17) is 10.6 Å². The Bertz CT molecular complexity index is 783. The summed E-state index contributed by atoms with van der Waals surface area (Å²) < 4.78 is 0. The highest BCUT2D eigenvalue weighted by Crippen LogP contribution is 2.29. The van der Waals surface area contributed by atoms with Crippen LogP contribution in [0.15, 0.2) is 54.6 Å². The summed E-state index contributed by atoms with van der Waals surface area (Å²) in [5.41, 5.74) is 10.7. The summed E-state index contributed by atoms with van der Waals surface area (Å²) in [6.45, 7) is 0. The number of nitrogens with two attached hydrogens (primary N) is 1. The van der Waals surface area contributed by atoms with E-state index in [1.165, 1.54) is 11.1 Å². The van der Waals surface area contributed by atoms with E-state index in [0.717, 1.165) is 37.7 Å². The van der Waals surface area contributed by atoms with Crippen molar-refractivity contribution in [2.45, 2.75) is 56.9 Å². The minimum Gasteiger partial charge on any atom is -0.339 e. The third-order valence-corrected chi connectivity index (χ3v) is 5.32.